The summed E-state index contributed by atoms with van der Waals surface area (Å²) in [6, 6.07) is 8.03. The van der Waals surface area contributed by atoms with E-state index in [4.69, 9.17) is 0 Å². The fraction of sp³-hybridized carbons (Fsp3) is 0.600. The van der Waals surface area contributed by atoms with Crippen LogP contribution in [0, 0.1) is 5.92 Å². The summed E-state index contributed by atoms with van der Waals surface area (Å²) in [6.45, 7) is 1.81. The first kappa shape index (κ1) is 19.4. The van der Waals surface area contributed by atoms with Crippen molar-refractivity contribution in [2.24, 2.45) is 5.92 Å². The fourth-order valence-electron chi connectivity index (χ4n) is 4.51. The van der Waals surface area contributed by atoms with Crippen molar-refractivity contribution in [3.05, 3.63) is 30.6 Å². The summed E-state index contributed by atoms with van der Waals surface area (Å²) in [5, 5.41) is 14.8. The Bertz CT molecular complexity index is 777. The molecule has 0 unspecified atom stereocenters. The van der Waals surface area contributed by atoms with Gasteiger partial charge in [0.05, 0.1) is 12.1 Å². The third-order valence-corrected chi connectivity index (χ3v) is 6.70. The van der Waals surface area contributed by atoms with Gasteiger partial charge in [-0.1, -0.05) is 25.3 Å². The van der Waals surface area contributed by atoms with Gasteiger partial charge in [-0.3, -0.25) is 9.69 Å². The molecule has 150 valence electrons. The molecule has 1 saturated carbocycles. The molecule has 2 aromatic rings. The molecular formula is C20H28N6OS. The van der Waals surface area contributed by atoms with Crippen LogP contribution in [0.5, 0.6) is 0 Å². The number of nitrogens with zero attached hydrogens (tertiary/aromatic N) is 5. The molecule has 8 heteroatoms. The first-order valence-corrected chi connectivity index (χ1v) is 11.4. The van der Waals surface area contributed by atoms with E-state index in [1.807, 2.05) is 24.5 Å². The van der Waals surface area contributed by atoms with E-state index in [9.17, 15) is 4.79 Å². The smallest absolute Gasteiger partial charge is 0.241 e. The molecule has 1 aromatic carbocycles. The Balaban J connectivity index is 1.47. The zero-order valence-electron chi connectivity index (χ0n) is 16.3. The number of anilines is 1. The van der Waals surface area contributed by atoms with Gasteiger partial charge in [0.1, 0.15) is 6.33 Å². The third kappa shape index (κ3) is 4.55. The second kappa shape index (κ2) is 9.05. The SMILES string of the molecule is CSc1cccc(NC(=O)[C@@H]2C[C@H](n3cnnn3)CN2CC2CCCCC2)c1. The van der Waals surface area contributed by atoms with Gasteiger partial charge >= 0.3 is 0 Å². The maximum absolute atomic E-state index is 13.2. The average Bonchev–Trinajstić information content (AvgIpc) is 3.39. The van der Waals surface area contributed by atoms with Crippen LogP contribution in [0.1, 0.15) is 44.6 Å². The number of aromatic nitrogens is 4. The van der Waals surface area contributed by atoms with Crippen LogP contribution in [0.2, 0.25) is 0 Å². The van der Waals surface area contributed by atoms with Crippen molar-refractivity contribution >= 4 is 23.4 Å². The summed E-state index contributed by atoms with van der Waals surface area (Å²) >= 11 is 1.68. The molecule has 7 nitrogen and oxygen atoms in total. The van der Waals surface area contributed by atoms with E-state index in [1.54, 1.807) is 22.8 Å². The highest BCUT2D eigenvalue weighted by atomic mass is 32.2. The largest absolute Gasteiger partial charge is 0.325 e. The number of thioether (sulfide) groups is 1. The van der Waals surface area contributed by atoms with Crippen LogP contribution >= 0.6 is 11.8 Å². The van der Waals surface area contributed by atoms with Gasteiger partial charge in [0.2, 0.25) is 5.91 Å². The molecule has 1 N–H and O–H groups in total. The predicted octanol–water partition coefficient (Wildman–Crippen LogP) is 3.23. The van der Waals surface area contributed by atoms with E-state index >= 15 is 0 Å². The number of rotatable bonds is 6. The Labute approximate surface area is 170 Å². The van der Waals surface area contributed by atoms with Gasteiger partial charge in [-0.05, 0) is 60.1 Å². The van der Waals surface area contributed by atoms with E-state index in [0.717, 1.165) is 30.1 Å². The molecule has 1 aliphatic heterocycles. The quantitative estimate of drug-likeness (QED) is 0.751. The minimum absolute atomic E-state index is 0.0737. The van der Waals surface area contributed by atoms with Gasteiger partial charge in [-0.25, -0.2) is 4.68 Å². The molecule has 0 bridgehead atoms. The number of carbonyl (C=O) groups is 1. The number of likely N-dealkylation sites (tertiary alicyclic amines) is 1. The second-order valence-electron chi connectivity index (χ2n) is 7.87. The van der Waals surface area contributed by atoms with Crippen LogP contribution in [-0.4, -0.2) is 56.4 Å². The number of hydrogen-bond acceptors (Lipinski definition) is 6. The average molecular weight is 401 g/mol. The summed E-state index contributed by atoms with van der Waals surface area (Å²) < 4.78 is 1.80. The van der Waals surface area contributed by atoms with Crippen molar-refractivity contribution in [1.82, 2.24) is 25.1 Å². The van der Waals surface area contributed by atoms with Crippen LogP contribution in [0.25, 0.3) is 0 Å². The lowest BCUT2D eigenvalue weighted by Gasteiger charge is -2.30. The Morgan fingerprint density at radius 1 is 1.29 bits per heavy atom. The molecular weight excluding hydrogens is 372 g/mol. The van der Waals surface area contributed by atoms with E-state index < -0.39 is 0 Å². The van der Waals surface area contributed by atoms with Crippen LogP contribution in [0.4, 0.5) is 5.69 Å². The molecule has 2 atom stereocenters. The van der Waals surface area contributed by atoms with E-state index in [-0.39, 0.29) is 18.0 Å². The minimum Gasteiger partial charge on any atom is -0.325 e. The Morgan fingerprint density at radius 2 is 2.14 bits per heavy atom. The first-order valence-electron chi connectivity index (χ1n) is 10.1. The normalized spacial score (nSPS) is 23.8. The molecule has 1 saturated heterocycles. The maximum Gasteiger partial charge on any atom is 0.241 e. The van der Waals surface area contributed by atoms with Crippen molar-refractivity contribution in [3.8, 4) is 0 Å². The van der Waals surface area contributed by atoms with Gasteiger partial charge in [0, 0.05) is 23.7 Å². The van der Waals surface area contributed by atoms with Gasteiger partial charge in [-0.2, -0.15) is 0 Å². The summed E-state index contributed by atoms with van der Waals surface area (Å²) in [5.41, 5.74) is 0.861. The summed E-state index contributed by atoms with van der Waals surface area (Å²) in [7, 11) is 0. The number of hydrogen-bond donors (Lipinski definition) is 1. The van der Waals surface area contributed by atoms with E-state index in [2.05, 4.69) is 31.8 Å². The van der Waals surface area contributed by atoms with Crippen LogP contribution in [0.15, 0.2) is 35.5 Å². The van der Waals surface area contributed by atoms with Gasteiger partial charge in [0.15, 0.2) is 0 Å². The molecule has 1 amide bonds. The van der Waals surface area contributed by atoms with Crippen molar-refractivity contribution in [3.63, 3.8) is 0 Å². The molecule has 2 fully saturated rings. The van der Waals surface area contributed by atoms with Gasteiger partial charge < -0.3 is 5.32 Å². The third-order valence-electron chi connectivity index (χ3n) is 5.98. The number of benzene rings is 1. The summed E-state index contributed by atoms with van der Waals surface area (Å²) in [6.07, 6.45) is 11.0. The highest BCUT2D eigenvalue weighted by Gasteiger charge is 2.39. The van der Waals surface area contributed by atoms with Crippen LogP contribution in [-0.2, 0) is 4.79 Å². The van der Waals surface area contributed by atoms with Gasteiger partial charge in [0.25, 0.3) is 0 Å². The number of amides is 1. The Kier molecular flexibility index (Phi) is 6.26. The van der Waals surface area contributed by atoms with Gasteiger partial charge in [-0.15, -0.1) is 16.9 Å². The van der Waals surface area contributed by atoms with Crippen LogP contribution < -0.4 is 5.32 Å². The summed E-state index contributed by atoms with van der Waals surface area (Å²) in [4.78, 5) is 16.7. The lowest BCUT2D eigenvalue weighted by molar-refractivity contribution is -0.120. The van der Waals surface area contributed by atoms with Crippen molar-refractivity contribution in [2.75, 3.05) is 24.7 Å². The first-order chi connectivity index (χ1) is 13.7. The molecule has 4 rings (SSSR count). The second-order valence-corrected chi connectivity index (χ2v) is 8.75. The standard InChI is InChI=1S/C20H28N6OS/c1-28-18-9-5-8-16(10-18)22-20(27)19-11-17(26-14-21-23-24-26)13-25(19)12-15-6-3-2-4-7-15/h5,8-10,14-15,17,19H,2-4,6-7,11-13H2,1H3,(H,22,27)/t17-,19-/m0/s1. The van der Waals surface area contributed by atoms with Crippen molar-refractivity contribution in [1.29, 1.82) is 0 Å². The lowest BCUT2D eigenvalue weighted by Crippen LogP contribution is -2.42. The Hall–Kier alpha value is -1.93. The molecule has 0 spiro atoms. The monoisotopic (exact) mass is 400 g/mol. The highest BCUT2D eigenvalue weighted by molar-refractivity contribution is 7.98. The molecule has 2 heterocycles. The van der Waals surface area contributed by atoms with E-state index in [1.165, 1.54) is 32.1 Å². The van der Waals surface area contributed by atoms with E-state index in [0.29, 0.717) is 5.92 Å². The Morgan fingerprint density at radius 3 is 2.89 bits per heavy atom. The predicted molar refractivity (Wildman–Crippen MR) is 110 cm³/mol. The molecule has 1 aliphatic carbocycles. The van der Waals surface area contributed by atoms with Crippen molar-refractivity contribution < 1.29 is 4.79 Å². The van der Waals surface area contributed by atoms with Crippen molar-refractivity contribution in [2.45, 2.75) is 55.5 Å². The molecule has 0 radical (unpaired) electrons. The zero-order chi connectivity index (χ0) is 19.3. The molecule has 28 heavy (non-hydrogen) atoms. The lowest BCUT2D eigenvalue weighted by atomic mass is 9.89. The maximum atomic E-state index is 13.2. The highest BCUT2D eigenvalue weighted by Crippen LogP contribution is 2.32. The number of tetrazole rings is 1. The number of nitrogens with one attached hydrogen (secondary N) is 1. The fourth-order valence-corrected chi connectivity index (χ4v) is 4.97. The minimum atomic E-state index is -0.144. The van der Waals surface area contributed by atoms with Crippen LogP contribution in [0.3, 0.4) is 0 Å². The molecule has 2 aliphatic rings. The number of carbonyl (C=O) groups excluding carboxylic acids is 1. The zero-order valence-corrected chi connectivity index (χ0v) is 17.1. The summed E-state index contributed by atoms with van der Waals surface area (Å²) in [5.74, 6) is 0.765. The topological polar surface area (TPSA) is 75.9 Å². The molecule has 1 aromatic heterocycles.